The summed E-state index contributed by atoms with van der Waals surface area (Å²) in [5, 5.41) is 7.07. The molecule has 0 amide bonds. The van der Waals surface area contributed by atoms with Crippen molar-refractivity contribution in [3.8, 4) is 0 Å². The molecule has 0 spiro atoms. The highest BCUT2D eigenvalue weighted by Gasteiger charge is 2.22. The summed E-state index contributed by atoms with van der Waals surface area (Å²) in [5.41, 5.74) is 0. The smallest absolute Gasteiger partial charge is 0.191 e. The van der Waals surface area contributed by atoms with Crippen LogP contribution in [0.15, 0.2) is 27.8 Å². The molecular formula is C24H44IN5O3. The lowest BCUT2D eigenvalue weighted by Crippen LogP contribution is -2.46. The number of furan rings is 1. The second-order valence-corrected chi connectivity index (χ2v) is 9.11. The third-order valence-corrected chi connectivity index (χ3v) is 6.06. The number of halogens is 1. The van der Waals surface area contributed by atoms with Crippen LogP contribution >= 0.6 is 24.0 Å². The van der Waals surface area contributed by atoms with E-state index in [-0.39, 0.29) is 24.0 Å². The Morgan fingerprint density at radius 3 is 2.39 bits per heavy atom. The van der Waals surface area contributed by atoms with Gasteiger partial charge in [-0.3, -0.25) is 14.8 Å². The highest BCUT2D eigenvalue weighted by Crippen LogP contribution is 2.14. The Hall–Kier alpha value is -0.880. The molecule has 3 heterocycles. The van der Waals surface area contributed by atoms with Crippen molar-refractivity contribution >= 4 is 29.9 Å². The van der Waals surface area contributed by atoms with Crippen molar-refractivity contribution in [1.29, 1.82) is 0 Å². The van der Waals surface area contributed by atoms with Crippen LogP contribution in [0.5, 0.6) is 0 Å². The zero-order valence-electron chi connectivity index (χ0n) is 20.5. The summed E-state index contributed by atoms with van der Waals surface area (Å²) in [6.07, 6.45) is 4.82. The van der Waals surface area contributed by atoms with E-state index in [0.717, 1.165) is 110 Å². The molecule has 33 heavy (non-hydrogen) atoms. The van der Waals surface area contributed by atoms with Gasteiger partial charge < -0.3 is 24.5 Å². The van der Waals surface area contributed by atoms with Crippen molar-refractivity contribution in [3.63, 3.8) is 0 Å². The lowest BCUT2D eigenvalue weighted by molar-refractivity contribution is 0.0143. The highest BCUT2D eigenvalue weighted by atomic mass is 127. The van der Waals surface area contributed by atoms with Crippen molar-refractivity contribution in [1.82, 2.24) is 20.4 Å². The summed E-state index contributed by atoms with van der Waals surface area (Å²) in [7, 11) is 0. The average molecular weight is 578 g/mol. The summed E-state index contributed by atoms with van der Waals surface area (Å²) in [4.78, 5) is 10.0. The molecule has 0 radical (unpaired) electrons. The van der Waals surface area contributed by atoms with Crippen molar-refractivity contribution < 1.29 is 13.9 Å². The van der Waals surface area contributed by atoms with Crippen molar-refractivity contribution in [2.45, 2.75) is 39.2 Å². The van der Waals surface area contributed by atoms with Crippen LogP contribution in [0.2, 0.25) is 0 Å². The largest absolute Gasteiger partial charge is 0.469 e. The Morgan fingerprint density at radius 2 is 1.73 bits per heavy atom. The fourth-order valence-electron chi connectivity index (χ4n) is 4.29. The Bertz CT molecular complexity index is 632. The summed E-state index contributed by atoms with van der Waals surface area (Å²) in [6, 6.07) is 4.41. The number of morpholine rings is 2. The number of nitrogens with one attached hydrogen (secondary N) is 2. The topological polar surface area (TPSA) is 74.5 Å². The predicted octanol–water partition coefficient (Wildman–Crippen LogP) is 2.44. The number of nitrogens with zero attached hydrogens (tertiary/aromatic N) is 3. The van der Waals surface area contributed by atoms with Crippen molar-refractivity contribution in [2.24, 2.45) is 10.9 Å². The van der Waals surface area contributed by atoms with E-state index in [4.69, 9.17) is 18.9 Å². The predicted molar refractivity (Wildman–Crippen MR) is 144 cm³/mol. The summed E-state index contributed by atoms with van der Waals surface area (Å²) in [5.74, 6) is 2.55. The minimum atomic E-state index is 0. The number of ether oxygens (including phenoxy) is 2. The first kappa shape index (κ1) is 28.4. The number of hydrogen-bond donors (Lipinski definition) is 2. The maximum atomic E-state index is 5.56. The first-order valence-corrected chi connectivity index (χ1v) is 12.4. The maximum absolute atomic E-state index is 5.56. The fraction of sp³-hybridized carbons (Fsp3) is 0.792. The van der Waals surface area contributed by atoms with Crippen LogP contribution < -0.4 is 10.6 Å². The van der Waals surface area contributed by atoms with Crippen molar-refractivity contribution in [2.75, 3.05) is 78.8 Å². The molecule has 1 aromatic heterocycles. The molecule has 2 N–H and O–H groups in total. The zero-order valence-corrected chi connectivity index (χ0v) is 22.8. The summed E-state index contributed by atoms with van der Waals surface area (Å²) < 4.78 is 16.5. The molecule has 8 nitrogen and oxygen atoms in total. The summed E-state index contributed by atoms with van der Waals surface area (Å²) >= 11 is 0. The Morgan fingerprint density at radius 1 is 1.03 bits per heavy atom. The van der Waals surface area contributed by atoms with Gasteiger partial charge >= 0.3 is 0 Å². The molecule has 0 saturated carbocycles. The van der Waals surface area contributed by atoms with Crippen LogP contribution in [0.4, 0.5) is 0 Å². The van der Waals surface area contributed by atoms with Gasteiger partial charge in [0.15, 0.2) is 5.96 Å². The number of guanidine groups is 1. The van der Waals surface area contributed by atoms with Gasteiger partial charge in [0.1, 0.15) is 5.76 Å². The minimum absolute atomic E-state index is 0. The van der Waals surface area contributed by atoms with E-state index in [1.807, 2.05) is 12.1 Å². The van der Waals surface area contributed by atoms with E-state index < -0.39 is 0 Å². The maximum Gasteiger partial charge on any atom is 0.191 e. The second-order valence-electron chi connectivity index (χ2n) is 9.11. The Kier molecular flexibility index (Phi) is 14.3. The van der Waals surface area contributed by atoms with Crippen LogP contribution in [0.25, 0.3) is 0 Å². The molecule has 0 aromatic carbocycles. The monoisotopic (exact) mass is 577 g/mol. The van der Waals surface area contributed by atoms with Gasteiger partial charge in [-0.15, -0.1) is 24.0 Å². The fourth-order valence-corrected chi connectivity index (χ4v) is 4.29. The normalized spacial score (nSPS) is 19.3. The second kappa shape index (κ2) is 16.7. The van der Waals surface area contributed by atoms with Crippen LogP contribution in [0.3, 0.4) is 0 Å². The van der Waals surface area contributed by atoms with Gasteiger partial charge in [-0.2, -0.15) is 0 Å². The van der Waals surface area contributed by atoms with E-state index >= 15 is 0 Å². The van der Waals surface area contributed by atoms with Crippen LogP contribution in [-0.4, -0.2) is 101 Å². The highest BCUT2D eigenvalue weighted by molar-refractivity contribution is 14.0. The minimum Gasteiger partial charge on any atom is -0.469 e. The van der Waals surface area contributed by atoms with Gasteiger partial charge in [0, 0.05) is 51.7 Å². The number of rotatable bonds is 12. The number of hydrogen-bond acceptors (Lipinski definition) is 6. The first-order valence-electron chi connectivity index (χ1n) is 12.4. The van der Waals surface area contributed by atoms with Crippen molar-refractivity contribution in [3.05, 3.63) is 24.2 Å². The molecule has 2 aliphatic heterocycles. The number of aliphatic imine (C=N–C) groups is 1. The molecular weight excluding hydrogens is 533 g/mol. The van der Waals surface area contributed by atoms with Gasteiger partial charge in [0.2, 0.25) is 0 Å². The average Bonchev–Trinajstić information content (AvgIpc) is 3.33. The molecule has 0 bridgehead atoms. The molecule has 190 valence electrons. The summed E-state index contributed by atoms with van der Waals surface area (Å²) in [6.45, 7) is 15.6. The Labute approximate surface area is 216 Å². The van der Waals surface area contributed by atoms with E-state index in [1.54, 1.807) is 6.26 Å². The van der Waals surface area contributed by atoms with Gasteiger partial charge in [0.25, 0.3) is 0 Å². The molecule has 1 atom stereocenters. The molecule has 3 rings (SSSR count). The van der Waals surface area contributed by atoms with E-state index in [1.165, 1.54) is 0 Å². The molecule has 9 heteroatoms. The van der Waals surface area contributed by atoms with E-state index in [9.17, 15) is 0 Å². The van der Waals surface area contributed by atoms with E-state index in [2.05, 4.69) is 34.3 Å². The van der Waals surface area contributed by atoms with E-state index in [0.29, 0.717) is 12.0 Å². The molecule has 2 aliphatic rings. The Balaban J connectivity index is 0.00000385. The lowest BCUT2D eigenvalue weighted by atomic mass is 10.0. The molecule has 2 fully saturated rings. The third kappa shape index (κ3) is 11.4. The zero-order chi connectivity index (χ0) is 22.4. The van der Waals surface area contributed by atoms with Gasteiger partial charge in [-0.05, 0) is 37.4 Å². The lowest BCUT2D eigenvalue weighted by Gasteiger charge is -2.34. The van der Waals surface area contributed by atoms with Crippen LogP contribution in [0, 0.1) is 5.92 Å². The van der Waals surface area contributed by atoms with Gasteiger partial charge in [-0.25, -0.2) is 0 Å². The molecule has 2 saturated heterocycles. The standard InChI is InChI=1S/C24H43N5O3.HI/c1-21(2)19-22(29-12-17-31-18-13-29)20-27-24(26-8-6-23-5-3-14-32-23)25-7-4-9-28-10-15-30-16-11-28;/h3,5,14,21-22H,4,6-13,15-20H2,1-2H3,(H2,25,26,27);1H. The van der Waals surface area contributed by atoms with Crippen LogP contribution in [0.1, 0.15) is 32.4 Å². The quantitative estimate of drug-likeness (QED) is 0.171. The molecule has 0 aliphatic carbocycles. The molecule has 1 unspecified atom stereocenters. The van der Waals surface area contributed by atoms with Crippen LogP contribution in [-0.2, 0) is 15.9 Å². The SMILES string of the molecule is CC(C)CC(CN=C(NCCCN1CCOCC1)NCCc1ccco1)N1CCOCC1.I. The molecule has 1 aromatic rings. The van der Waals surface area contributed by atoms with Gasteiger partial charge in [-0.1, -0.05) is 13.8 Å². The third-order valence-electron chi connectivity index (χ3n) is 6.06. The van der Waals surface area contributed by atoms with Gasteiger partial charge in [0.05, 0.1) is 39.2 Å². The first-order chi connectivity index (χ1) is 15.7.